The average molecular weight is 328 g/mol. The van der Waals surface area contributed by atoms with Crippen LogP contribution in [0, 0.1) is 6.92 Å². The third-order valence-corrected chi connectivity index (χ3v) is 5.75. The third kappa shape index (κ3) is 5.00. The van der Waals surface area contributed by atoms with Crippen molar-refractivity contribution < 1.29 is 14.7 Å². The maximum absolute atomic E-state index is 12.2. The number of thioether (sulfide) groups is 1. The lowest BCUT2D eigenvalue weighted by Crippen LogP contribution is -2.33. The molecule has 5 nitrogen and oxygen atoms in total. The number of nitrogens with zero attached hydrogens (tertiary/aromatic N) is 2. The zero-order valence-corrected chi connectivity index (χ0v) is 13.8. The second-order valence-corrected chi connectivity index (χ2v) is 7.45. The van der Waals surface area contributed by atoms with Crippen LogP contribution in [0.2, 0.25) is 0 Å². The third-order valence-electron chi connectivity index (χ3n) is 3.46. The summed E-state index contributed by atoms with van der Waals surface area (Å²) in [6.45, 7) is 3.54. The van der Waals surface area contributed by atoms with Crippen LogP contribution in [0.1, 0.15) is 36.3 Å². The van der Waals surface area contributed by atoms with Crippen molar-refractivity contribution in [3.63, 3.8) is 0 Å². The molecule has 1 fully saturated rings. The van der Waals surface area contributed by atoms with Gasteiger partial charge in [0, 0.05) is 18.0 Å². The first kappa shape index (κ1) is 16.3. The van der Waals surface area contributed by atoms with Crippen molar-refractivity contribution in [2.24, 2.45) is 0 Å². The van der Waals surface area contributed by atoms with Crippen LogP contribution < -0.4 is 0 Å². The largest absolute Gasteiger partial charge is 0.481 e. The average Bonchev–Trinajstić information content (AvgIpc) is 2.67. The van der Waals surface area contributed by atoms with E-state index in [4.69, 9.17) is 5.11 Å². The fraction of sp³-hybridized carbons (Fsp3) is 0.643. The molecule has 1 aliphatic rings. The van der Waals surface area contributed by atoms with Crippen LogP contribution in [0.15, 0.2) is 4.34 Å². The molecule has 2 heterocycles. The second kappa shape index (κ2) is 7.79. The Labute approximate surface area is 132 Å². The zero-order valence-electron chi connectivity index (χ0n) is 12.1. The van der Waals surface area contributed by atoms with Crippen molar-refractivity contribution in [3.8, 4) is 0 Å². The van der Waals surface area contributed by atoms with Crippen molar-refractivity contribution in [1.29, 1.82) is 0 Å². The molecule has 1 aliphatic heterocycles. The van der Waals surface area contributed by atoms with E-state index in [1.54, 1.807) is 0 Å². The summed E-state index contributed by atoms with van der Waals surface area (Å²) in [7, 11) is 0. The summed E-state index contributed by atoms with van der Waals surface area (Å²) in [4.78, 5) is 30.0. The number of carboxylic acids is 1. The Kier molecular flexibility index (Phi) is 6.05. The molecule has 0 spiro atoms. The summed E-state index contributed by atoms with van der Waals surface area (Å²) in [5.41, 5.74) is 0.757. The molecular weight excluding hydrogens is 308 g/mol. The van der Waals surface area contributed by atoms with Gasteiger partial charge in [0.05, 0.1) is 17.9 Å². The zero-order chi connectivity index (χ0) is 15.2. The number of carbonyl (C=O) groups is 2. The van der Waals surface area contributed by atoms with E-state index in [1.807, 2.05) is 11.8 Å². The van der Waals surface area contributed by atoms with Gasteiger partial charge in [-0.2, -0.15) is 0 Å². The Morgan fingerprint density at radius 2 is 1.95 bits per heavy atom. The molecule has 1 aromatic rings. The van der Waals surface area contributed by atoms with Crippen LogP contribution in [-0.4, -0.2) is 45.7 Å². The minimum Gasteiger partial charge on any atom is -0.481 e. The number of aryl methyl sites for hydroxylation is 1. The van der Waals surface area contributed by atoms with E-state index in [-0.39, 0.29) is 12.3 Å². The van der Waals surface area contributed by atoms with Crippen molar-refractivity contribution >= 4 is 35.0 Å². The summed E-state index contributed by atoms with van der Waals surface area (Å²) in [5, 5.41) is 8.83. The lowest BCUT2D eigenvalue weighted by molar-refractivity contribution is -0.136. The second-order valence-electron chi connectivity index (χ2n) is 5.14. The quantitative estimate of drug-likeness (QED) is 0.841. The van der Waals surface area contributed by atoms with Crippen molar-refractivity contribution in [1.82, 2.24) is 9.88 Å². The summed E-state index contributed by atoms with van der Waals surface area (Å²) < 4.78 is 0.784. The molecule has 21 heavy (non-hydrogen) atoms. The number of carbonyl (C=O) groups excluding carboxylic acids is 1. The Hall–Kier alpha value is -1.08. The van der Waals surface area contributed by atoms with E-state index in [1.165, 1.54) is 35.9 Å². The molecule has 0 bridgehead atoms. The van der Waals surface area contributed by atoms with Gasteiger partial charge in [-0.25, -0.2) is 4.98 Å². The molecule has 0 saturated carbocycles. The highest BCUT2D eigenvalue weighted by Gasteiger charge is 2.17. The Morgan fingerprint density at radius 3 is 2.57 bits per heavy atom. The van der Waals surface area contributed by atoms with E-state index in [9.17, 15) is 9.59 Å². The number of likely N-dealkylation sites (tertiary alicyclic amines) is 1. The van der Waals surface area contributed by atoms with E-state index in [0.717, 1.165) is 40.8 Å². The standard InChI is InChI=1S/C14H20N2O3S2/c1-10-11(8-13(18)19)21-14(15-10)20-9-12(17)16-6-4-2-3-5-7-16/h2-9H2,1H3,(H,18,19). The Balaban J connectivity index is 1.87. The first-order chi connectivity index (χ1) is 10.1. The molecule has 7 heteroatoms. The number of carboxylic acid groups (broad SMARTS) is 1. The number of amides is 1. The van der Waals surface area contributed by atoms with Gasteiger partial charge >= 0.3 is 5.97 Å². The molecule has 1 N–H and O–H groups in total. The minimum atomic E-state index is -0.848. The first-order valence-corrected chi connectivity index (χ1v) is 8.95. The molecule has 0 unspecified atom stereocenters. The van der Waals surface area contributed by atoms with Crippen LogP contribution in [-0.2, 0) is 16.0 Å². The molecule has 0 radical (unpaired) electrons. The monoisotopic (exact) mass is 328 g/mol. The number of rotatable bonds is 5. The van der Waals surface area contributed by atoms with E-state index in [0.29, 0.717) is 5.75 Å². The van der Waals surface area contributed by atoms with Crippen LogP contribution in [0.5, 0.6) is 0 Å². The van der Waals surface area contributed by atoms with Crippen molar-refractivity contribution in [2.75, 3.05) is 18.8 Å². The van der Waals surface area contributed by atoms with Crippen LogP contribution in [0.4, 0.5) is 0 Å². The number of hydrogen-bond donors (Lipinski definition) is 1. The summed E-state index contributed by atoms with van der Waals surface area (Å²) in [6, 6.07) is 0. The fourth-order valence-electron chi connectivity index (χ4n) is 2.30. The molecule has 1 amide bonds. The summed E-state index contributed by atoms with van der Waals surface area (Å²) >= 11 is 2.80. The molecule has 2 rings (SSSR count). The molecule has 1 aromatic heterocycles. The lowest BCUT2D eigenvalue weighted by Gasteiger charge is -2.19. The maximum Gasteiger partial charge on any atom is 0.308 e. The normalized spacial score (nSPS) is 15.8. The highest BCUT2D eigenvalue weighted by Crippen LogP contribution is 2.28. The predicted octanol–water partition coefficient (Wildman–Crippen LogP) is 2.57. The molecule has 116 valence electrons. The van der Waals surface area contributed by atoms with Crippen molar-refractivity contribution in [3.05, 3.63) is 10.6 Å². The van der Waals surface area contributed by atoms with Gasteiger partial charge in [-0.05, 0) is 19.8 Å². The fourth-order valence-corrected chi connectivity index (χ4v) is 4.43. The number of hydrogen-bond acceptors (Lipinski definition) is 5. The smallest absolute Gasteiger partial charge is 0.308 e. The SMILES string of the molecule is Cc1nc(SCC(=O)N2CCCCCC2)sc1CC(=O)O. The highest BCUT2D eigenvalue weighted by molar-refractivity contribution is 8.01. The van der Waals surface area contributed by atoms with E-state index < -0.39 is 5.97 Å². The number of aliphatic carboxylic acids is 1. The number of thiazole rings is 1. The van der Waals surface area contributed by atoms with Gasteiger partial charge in [-0.15, -0.1) is 11.3 Å². The first-order valence-electron chi connectivity index (χ1n) is 7.15. The van der Waals surface area contributed by atoms with Gasteiger partial charge in [-0.1, -0.05) is 24.6 Å². The van der Waals surface area contributed by atoms with Crippen LogP contribution in [0.25, 0.3) is 0 Å². The van der Waals surface area contributed by atoms with Gasteiger partial charge in [0.1, 0.15) is 0 Å². The van der Waals surface area contributed by atoms with E-state index >= 15 is 0 Å². The summed E-state index contributed by atoms with van der Waals surface area (Å²) in [6.07, 6.45) is 4.61. The van der Waals surface area contributed by atoms with Crippen LogP contribution in [0.3, 0.4) is 0 Å². The van der Waals surface area contributed by atoms with Gasteiger partial charge < -0.3 is 10.0 Å². The minimum absolute atomic E-state index is 0.00410. The lowest BCUT2D eigenvalue weighted by atomic mass is 10.2. The molecule has 0 atom stereocenters. The predicted molar refractivity (Wildman–Crippen MR) is 84.0 cm³/mol. The molecular formula is C14H20N2O3S2. The van der Waals surface area contributed by atoms with Gasteiger partial charge in [0.2, 0.25) is 5.91 Å². The Bertz CT molecular complexity index is 508. The van der Waals surface area contributed by atoms with Crippen LogP contribution >= 0.6 is 23.1 Å². The molecule has 0 aromatic carbocycles. The maximum atomic E-state index is 12.2. The van der Waals surface area contributed by atoms with Gasteiger partial charge in [0.25, 0.3) is 0 Å². The van der Waals surface area contributed by atoms with Gasteiger partial charge in [-0.3, -0.25) is 9.59 Å². The highest BCUT2D eigenvalue weighted by atomic mass is 32.2. The Morgan fingerprint density at radius 1 is 1.29 bits per heavy atom. The summed E-state index contributed by atoms with van der Waals surface area (Å²) in [5.74, 6) is -0.298. The topological polar surface area (TPSA) is 70.5 Å². The van der Waals surface area contributed by atoms with Crippen molar-refractivity contribution in [2.45, 2.75) is 43.4 Å². The van der Waals surface area contributed by atoms with E-state index in [2.05, 4.69) is 4.98 Å². The number of aromatic nitrogens is 1. The van der Waals surface area contributed by atoms with Gasteiger partial charge in [0.15, 0.2) is 4.34 Å². The molecule has 0 aliphatic carbocycles. The molecule has 1 saturated heterocycles.